The predicted octanol–water partition coefficient (Wildman–Crippen LogP) is 3.17. The van der Waals surface area contributed by atoms with Crippen molar-refractivity contribution in [3.8, 4) is 0 Å². The molecular weight excluding hydrogens is 348 g/mol. The van der Waals surface area contributed by atoms with Crippen LogP contribution in [0.1, 0.15) is 30.6 Å². The number of nitrogens with zero attached hydrogens (tertiary/aromatic N) is 2. The number of carbonyl (C=O) groups is 1. The van der Waals surface area contributed by atoms with Gasteiger partial charge in [-0.05, 0) is 36.5 Å². The molecule has 26 heavy (non-hydrogen) atoms. The lowest BCUT2D eigenvalue weighted by Gasteiger charge is -2.34. The second-order valence-corrected chi connectivity index (χ2v) is 9.02. The molecule has 0 saturated carbocycles. The van der Waals surface area contributed by atoms with Gasteiger partial charge in [0.25, 0.3) is 5.91 Å². The van der Waals surface area contributed by atoms with Crippen molar-refractivity contribution in [2.24, 2.45) is 11.8 Å². The normalized spacial score (nSPS) is 21.2. The van der Waals surface area contributed by atoms with Crippen LogP contribution in [0.3, 0.4) is 0 Å². The van der Waals surface area contributed by atoms with Crippen molar-refractivity contribution in [2.45, 2.75) is 25.2 Å². The maximum atomic E-state index is 13.0. The molecule has 0 bridgehead atoms. The highest BCUT2D eigenvalue weighted by atomic mass is 32.2. The molecule has 1 aliphatic rings. The smallest absolute Gasteiger partial charge is 0.254 e. The molecule has 0 aromatic heterocycles. The first-order chi connectivity index (χ1) is 12.3. The molecule has 0 radical (unpaired) electrons. The van der Waals surface area contributed by atoms with Gasteiger partial charge in [-0.1, -0.05) is 32.1 Å². The number of carbonyl (C=O) groups excluding carboxylic acids is 1. The Morgan fingerprint density at radius 3 is 2.31 bits per heavy atom. The van der Waals surface area contributed by atoms with Crippen molar-refractivity contribution in [3.63, 3.8) is 0 Å². The Labute approximate surface area is 157 Å². The highest BCUT2D eigenvalue weighted by Crippen LogP contribution is 2.27. The standard InChI is InChI=1S/C20H28N2O3S/c1-5-10-21(11-6-2)20(23)18-8-7-9-19(13-18)26(24,25)22-14-16(3)12-17(4)15-22/h5-9,13,16-17H,1-2,10-12,14-15H2,3-4H3. The Kier molecular flexibility index (Phi) is 6.78. The monoisotopic (exact) mass is 376 g/mol. The van der Waals surface area contributed by atoms with E-state index >= 15 is 0 Å². The van der Waals surface area contributed by atoms with Crippen molar-refractivity contribution in [1.82, 2.24) is 9.21 Å². The molecule has 1 heterocycles. The van der Waals surface area contributed by atoms with Crippen LogP contribution in [0.15, 0.2) is 54.5 Å². The van der Waals surface area contributed by atoms with E-state index in [1.54, 1.807) is 39.6 Å². The van der Waals surface area contributed by atoms with Gasteiger partial charge < -0.3 is 4.90 Å². The number of hydrogen-bond acceptors (Lipinski definition) is 3. The minimum Gasteiger partial charge on any atom is -0.331 e. The van der Waals surface area contributed by atoms with Crippen LogP contribution >= 0.6 is 0 Å². The number of rotatable bonds is 7. The summed E-state index contributed by atoms with van der Waals surface area (Å²) in [5.41, 5.74) is 0.355. The molecule has 1 aromatic carbocycles. The number of sulfonamides is 1. The largest absolute Gasteiger partial charge is 0.331 e. The molecule has 5 nitrogen and oxygen atoms in total. The minimum atomic E-state index is -3.61. The zero-order valence-corrected chi connectivity index (χ0v) is 16.4. The third-order valence-electron chi connectivity index (χ3n) is 4.54. The van der Waals surface area contributed by atoms with Crippen LogP contribution < -0.4 is 0 Å². The van der Waals surface area contributed by atoms with Crippen molar-refractivity contribution in [2.75, 3.05) is 26.2 Å². The Morgan fingerprint density at radius 2 is 1.77 bits per heavy atom. The highest BCUT2D eigenvalue weighted by Gasteiger charge is 2.32. The Morgan fingerprint density at radius 1 is 1.19 bits per heavy atom. The minimum absolute atomic E-state index is 0.168. The summed E-state index contributed by atoms with van der Waals surface area (Å²) in [6, 6.07) is 6.29. The van der Waals surface area contributed by atoms with Gasteiger partial charge in [-0.15, -0.1) is 13.2 Å². The molecule has 142 valence electrons. The van der Waals surface area contributed by atoms with Crippen molar-refractivity contribution < 1.29 is 13.2 Å². The van der Waals surface area contributed by atoms with E-state index in [1.165, 1.54) is 6.07 Å². The fourth-order valence-electron chi connectivity index (χ4n) is 3.48. The summed E-state index contributed by atoms with van der Waals surface area (Å²) in [6.45, 7) is 13.3. The van der Waals surface area contributed by atoms with E-state index in [9.17, 15) is 13.2 Å². The van der Waals surface area contributed by atoms with Gasteiger partial charge >= 0.3 is 0 Å². The Hall–Kier alpha value is -1.92. The Bertz CT molecular complexity index is 753. The molecule has 0 aliphatic carbocycles. The van der Waals surface area contributed by atoms with Crippen LogP contribution in [0.4, 0.5) is 0 Å². The second kappa shape index (κ2) is 8.64. The van der Waals surface area contributed by atoms with Crippen LogP contribution in [-0.2, 0) is 10.0 Å². The zero-order chi connectivity index (χ0) is 19.3. The topological polar surface area (TPSA) is 57.7 Å². The first-order valence-corrected chi connectivity index (χ1v) is 10.3. The molecule has 1 aliphatic heterocycles. The van der Waals surface area contributed by atoms with E-state index in [-0.39, 0.29) is 10.8 Å². The lowest BCUT2D eigenvalue weighted by atomic mass is 9.94. The fraction of sp³-hybridized carbons (Fsp3) is 0.450. The summed E-state index contributed by atoms with van der Waals surface area (Å²) < 4.78 is 27.6. The van der Waals surface area contributed by atoms with Crippen LogP contribution in [0.5, 0.6) is 0 Å². The molecule has 6 heteroatoms. The molecule has 1 saturated heterocycles. The third kappa shape index (κ3) is 4.62. The maximum Gasteiger partial charge on any atom is 0.254 e. The number of amides is 1. The Balaban J connectivity index is 2.31. The average molecular weight is 377 g/mol. The van der Waals surface area contributed by atoms with Crippen LogP contribution in [0.2, 0.25) is 0 Å². The van der Waals surface area contributed by atoms with E-state index in [4.69, 9.17) is 0 Å². The number of benzene rings is 1. The summed E-state index contributed by atoms with van der Waals surface area (Å²) in [4.78, 5) is 14.4. The van der Waals surface area contributed by atoms with Crippen LogP contribution in [0.25, 0.3) is 0 Å². The predicted molar refractivity (Wildman–Crippen MR) is 104 cm³/mol. The van der Waals surface area contributed by atoms with Gasteiger partial charge in [0.2, 0.25) is 10.0 Å². The average Bonchev–Trinajstić information content (AvgIpc) is 2.60. The summed E-state index contributed by atoms with van der Waals surface area (Å²) in [5.74, 6) is 0.422. The van der Waals surface area contributed by atoms with E-state index in [1.807, 2.05) is 0 Å². The maximum absolute atomic E-state index is 13.0. The van der Waals surface area contributed by atoms with E-state index in [0.29, 0.717) is 43.6 Å². The number of piperidine rings is 1. The van der Waals surface area contributed by atoms with E-state index < -0.39 is 10.0 Å². The van der Waals surface area contributed by atoms with Gasteiger partial charge in [0.1, 0.15) is 0 Å². The van der Waals surface area contributed by atoms with Gasteiger partial charge in [-0.3, -0.25) is 4.79 Å². The van der Waals surface area contributed by atoms with E-state index in [0.717, 1.165) is 6.42 Å². The van der Waals surface area contributed by atoms with Gasteiger partial charge in [0, 0.05) is 31.7 Å². The molecule has 0 spiro atoms. The molecule has 0 N–H and O–H groups in total. The SMILES string of the molecule is C=CCN(CC=C)C(=O)c1cccc(S(=O)(=O)N2CC(C)CC(C)C2)c1. The summed E-state index contributed by atoms with van der Waals surface area (Å²) in [6.07, 6.45) is 4.31. The van der Waals surface area contributed by atoms with Crippen molar-refractivity contribution >= 4 is 15.9 Å². The first-order valence-electron chi connectivity index (χ1n) is 8.90. The van der Waals surface area contributed by atoms with E-state index in [2.05, 4.69) is 27.0 Å². The van der Waals surface area contributed by atoms with Crippen LogP contribution in [0, 0.1) is 11.8 Å². The lowest BCUT2D eigenvalue weighted by molar-refractivity contribution is 0.0790. The quantitative estimate of drug-likeness (QED) is 0.687. The summed E-state index contributed by atoms with van der Waals surface area (Å²) in [7, 11) is -3.61. The second-order valence-electron chi connectivity index (χ2n) is 7.08. The summed E-state index contributed by atoms with van der Waals surface area (Å²) in [5, 5.41) is 0. The summed E-state index contributed by atoms with van der Waals surface area (Å²) >= 11 is 0. The lowest BCUT2D eigenvalue weighted by Crippen LogP contribution is -2.42. The van der Waals surface area contributed by atoms with Crippen LogP contribution in [-0.4, -0.2) is 49.7 Å². The van der Waals surface area contributed by atoms with Crippen molar-refractivity contribution in [3.05, 3.63) is 55.1 Å². The molecule has 1 aromatic rings. The molecule has 2 rings (SSSR count). The fourth-order valence-corrected chi connectivity index (χ4v) is 5.20. The molecule has 2 atom stereocenters. The molecular formula is C20H28N2O3S. The third-order valence-corrected chi connectivity index (χ3v) is 6.37. The zero-order valence-electron chi connectivity index (χ0n) is 15.6. The van der Waals surface area contributed by atoms with Gasteiger partial charge in [0.15, 0.2) is 0 Å². The molecule has 2 unspecified atom stereocenters. The van der Waals surface area contributed by atoms with Gasteiger partial charge in [-0.2, -0.15) is 4.31 Å². The highest BCUT2D eigenvalue weighted by molar-refractivity contribution is 7.89. The van der Waals surface area contributed by atoms with Gasteiger partial charge in [-0.25, -0.2) is 8.42 Å². The van der Waals surface area contributed by atoms with Crippen molar-refractivity contribution in [1.29, 1.82) is 0 Å². The van der Waals surface area contributed by atoms with Gasteiger partial charge in [0.05, 0.1) is 4.90 Å². The number of hydrogen-bond donors (Lipinski definition) is 0. The molecule has 1 amide bonds. The molecule has 1 fully saturated rings. The first kappa shape index (κ1) is 20.4.